The van der Waals surface area contributed by atoms with Crippen LogP contribution in [0.15, 0.2) is 97.1 Å². The van der Waals surface area contributed by atoms with Crippen LogP contribution in [-0.4, -0.2) is 23.6 Å². The van der Waals surface area contributed by atoms with Gasteiger partial charge in [0.05, 0.1) is 5.69 Å². The van der Waals surface area contributed by atoms with Gasteiger partial charge in [-0.1, -0.05) is 73.5 Å². The predicted molar refractivity (Wildman–Crippen MR) is 166 cm³/mol. The average Bonchev–Trinajstić information content (AvgIpc) is 3.05. The zero-order chi connectivity index (χ0) is 29.2. The molecule has 5 nitrogen and oxygen atoms in total. The second kappa shape index (κ2) is 11.8. The number of nitrogens with zero attached hydrogens (tertiary/aromatic N) is 1. The molecule has 4 aromatic carbocycles. The monoisotopic (exact) mass is 576 g/mol. The Kier molecular flexibility index (Phi) is 7.52. The first-order valence-corrected chi connectivity index (χ1v) is 15.4. The number of halogens is 1. The zero-order valence-electron chi connectivity index (χ0n) is 24.3. The Bertz CT molecular complexity index is 1580. The van der Waals surface area contributed by atoms with Gasteiger partial charge in [-0.25, -0.2) is 9.18 Å². The average molecular weight is 577 g/mol. The number of likely N-dealkylation sites (tertiary alicyclic amines) is 1. The number of rotatable bonds is 7. The summed E-state index contributed by atoms with van der Waals surface area (Å²) >= 11 is 0. The molecule has 0 radical (unpaired) electrons. The highest BCUT2D eigenvalue weighted by Gasteiger charge is 2.55. The van der Waals surface area contributed by atoms with E-state index in [1.54, 1.807) is 12.1 Å². The van der Waals surface area contributed by atoms with Crippen molar-refractivity contribution in [2.24, 2.45) is 5.92 Å². The Hall–Kier alpha value is -4.32. The molecule has 2 aliphatic carbocycles. The molecule has 4 aromatic rings. The van der Waals surface area contributed by atoms with Gasteiger partial charge in [-0.2, -0.15) is 0 Å². The summed E-state index contributed by atoms with van der Waals surface area (Å²) in [7, 11) is 0. The Labute approximate surface area is 252 Å². The molecule has 1 aliphatic heterocycles. The van der Waals surface area contributed by atoms with Crippen molar-refractivity contribution in [1.82, 2.24) is 4.90 Å². The first-order valence-electron chi connectivity index (χ1n) is 15.4. The summed E-state index contributed by atoms with van der Waals surface area (Å²) in [6, 6.07) is 31.0. The number of nitrogens with one attached hydrogen (secondary N) is 1. The second-order valence-corrected chi connectivity index (χ2v) is 12.2. The highest BCUT2D eigenvalue weighted by molar-refractivity contribution is 5.71. The molecule has 1 saturated carbocycles. The molecule has 0 aromatic heterocycles. The highest BCUT2D eigenvalue weighted by atomic mass is 19.1. The van der Waals surface area contributed by atoms with Gasteiger partial charge in [-0.05, 0) is 90.3 Å². The van der Waals surface area contributed by atoms with Crippen molar-refractivity contribution in [3.63, 3.8) is 0 Å². The van der Waals surface area contributed by atoms with Crippen molar-refractivity contribution in [3.05, 3.63) is 125 Å². The molecule has 1 N–H and O–H groups in total. The van der Waals surface area contributed by atoms with Crippen LogP contribution in [0.1, 0.15) is 54.4 Å². The van der Waals surface area contributed by atoms with Crippen LogP contribution in [0.4, 0.5) is 20.6 Å². The summed E-state index contributed by atoms with van der Waals surface area (Å²) in [5.74, 6) is 0.921. The van der Waals surface area contributed by atoms with E-state index < -0.39 is 0 Å². The number of ether oxygens (including phenoxy) is 2. The Morgan fingerprint density at radius 1 is 0.884 bits per heavy atom. The maximum Gasteiger partial charge on any atom is 0.410 e. The molecule has 6 heteroatoms. The summed E-state index contributed by atoms with van der Waals surface area (Å²) in [6.45, 7) is 1.44. The number of piperidine rings is 1. The number of amides is 1. The van der Waals surface area contributed by atoms with Crippen molar-refractivity contribution in [3.8, 4) is 5.75 Å². The van der Waals surface area contributed by atoms with Gasteiger partial charge in [0.25, 0.3) is 0 Å². The highest BCUT2D eigenvalue weighted by Crippen LogP contribution is 2.57. The summed E-state index contributed by atoms with van der Waals surface area (Å²) in [6.07, 6.45) is 6.09. The summed E-state index contributed by atoms with van der Waals surface area (Å²) in [5.41, 5.74) is 6.38. The van der Waals surface area contributed by atoms with E-state index in [0.29, 0.717) is 19.1 Å². The molecule has 1 saturated heterocycles. The molecule has 0 spiro atoms. The Morgan fingerprint density at radius 3 is 2.35 bits per heavy atom. The quantitative estimate of drug-likeness (QED) is 0.240. The molecule has 220 valence electrons. The number of hydrogen-bond donors (Lipinski definition) is 1. The number of carbonyl (C=O) groups excluding carboxylic acids is 1. The van der Waals surface area contributed by atoms with E-state index in [9.17, 15) is 9.18 Å². The minimum absolute atomic E-state index is 0.0198. The van der Waals surface area contributed by atoms with Gasteiger partial charge in [-0.15, -0.1) is 0 Å². The minimum Gasteiger partial charge on any atom is -0.487 e. The van der Waals surface area contributed by atoms with E-state index in [1.165, 1.54) is 36.1 Å². The van der Waals surface area contributed by atoms with Crippen LogP contribution < -0.4 is 10.1 Å². The number of fused-ring (bicyclic) bond motifs is 1. The van der Waals surface area contributed by atoms with E-state index in [2.05, 4.69) is 29.6 Å². The first-order chi connectivity index (χ1) is 21.1. The number of anilines is 2. The molecular weight excluding hydrogens is 539 g/mol. The van der Waals surface area contributed by atoms with Crippen molar-refractivity contribution in [2.45, 2.75) is 63.2 Å². The molecule has 2 fully saturated rings. The van der Waals surface area contributed by atoms with Crippen LogP contribution in [0.3, 0.4) is 0 Å². The third-order valence-corrected chi connectivity index (χ3v) is 9.73. The van der Waals surface area contributed by atoms with Gasteiger partial charge in [0.2, 0.25) is 0 Å². The SMILES string of the molecule is O=C(OCc1ccccc1)N1CC[C@@]23CCCC[C@@H]2[C@@H]1Cc1cc(Nc2ccc(F)cc2)c(OCc2ccccc2)cc13. The van der Waals surface area contributed by atoms with E-state index in [-0.39, 0.29) is 30.0 Å². The summed E-state index contributed by atoms with van der Waals surface area (Å²) < 4.78 is 26.1. The molecule has 0 unspecified atom stereocenters. The molecule has 7 rings (SSSR count). The smallest absolute Gasteiger partial charge is 0.410 e. The molecule has 3 aliphatic rings. The van der Waals surface area contributed by atoms with Crippen molar-refractivity contribution in [2.75, 3.05) is 11.9 Å². The van der Waals surface area contributed by atoms with Gasteiger partial charge in [0.15, 0.2) is 0 Å². The predicted octanol–water partition coefficient (Wildman–Crippen LogP) is 8.54. The van der Waals surface area contributed by atoms with Crippen LogP contribution in [0, 0.1) is 11.7 Å². The van der Waals surface area contributed by atoms with Gasteiger partial charge < -0.3 is 19.7 Å². The topological polar surface area (TPSA) is 50.8 Å². The van der Waals surface area contributed by atoms with Crippen LogP contribution in [-0.2, 0) is 29.8 Å². The normalized spacial score (nSPS) is 22.2. The van der Waals surface area contributed by atoms with Gasteiger partial charge >= 0.3 is 6.09 Å². The summed E-state index contributed by atoms with van der Waals surface area (Å²) in [4.78, 5) is 15.5. The lowest BCUT2D eigenvalue weighted by Crippen LogP contribution is -2.62. The fourth-order valence-electron chi connectivity index (χ4n) is 7.71. The van der Waals surface area contributed by atoms with E-state index in [4.69, 9.17) is 9.47 Å². The van der Waals surface area contributed by atoms with Gasteiger partial charge in [0, 0.05) is 23.7 Å². The third-order valence-electron chi connectivity index (χ3n) is 9.73. The van der Waals surface area contributed by atoms with Crippen molar-refractivity contribution < 1.29 is 18.7 Å². The second-order valence-electron chi connectivity index (χ2n) is 12.2. The summed E-state index contributed by atoms with van der Waals surface area (Å²) in [5, 5.41) is 3.50. The molecule has 2 bridgehead atoms. The van der Waals surface area contributed by atoms with Crippen LogP contribution in [0.2, 0.25) is 0 Å². The lowest BCUT2D eigenvalue weighted by Gasteiger charge is -2.58. The molecular formula is C37H37FN2O3. The van der Waals surface area contributed by atoms with Crippen molar-refractivity contribution in [1.29, 1.82) is 0 Å². The maximum atomic E-state index is 13.7. The zero-order valence-corrected chi connectivity index (χ0v) is 24.3. The lowest BCUT2D eigenvalue weighted by molar-refractivity contribution is -0.0137. The molecule has 1 amide bonds. The number of hydrogen-bond acceptors (Lipinski definition) is 4. The van der Waals surface area contributed by atoms with Gasteiger partial charge in [-0.3, -0.25) is 0 Å². The third kappa shape index (κ3) is 5.47. The molecule has 43 heavy (non-hydrogen) atoms. The van der Waals surface area contributed by atoms with Gasteiger partial charge in [0.1, 0.15) is 24.8 Å². The van der Waals surface area contributed by atoms with E-state index >= 15 is 0 Å². The Balaban J connectivity index is 1.22. The van der Waals surface area contributed by atoms with Crippen LogP contribution in [0.5, 0.6) is 5.75 Å². The lowest BCUT2D eigenvalue weighted by atomic mass is 9.52. The number of carbonyl (C=O) groups is 1. The van der Waals surface area contributed by atoms with Crippen LogP contribution >= 0.6 is 0 Å². The molecule has 1 heterocycles. The van der Waals surface area contributed by atoms with Crippen LogP contribution in [0.25, 0.3) is 0 Å². The minimum atomic E-state index is -0.272. The maximum absolute atomic E-state index is 13.7. The Morgan fingerprint density at radius 2 is 1.60 bits per heavy atom. The standard InChI is InChI=1S/C37H37FN2O3/c38-29-14-16-30(17-15-29)39-33-21-28-22-34-31-13-7-8-18-37(31,32(28)23-35(33)42-24-26-9-3-1-4-10-26)19-20-40(34)36(41)43-25-27-11-5-2-6-12-27/h1-6,9-12,14-17,21,23,31,34,39H,7-8,13,18-20,22,24-25H2/t31-,34+,37+/m1/s1. The van der Waals surface area contributed by atoms with Crippen molar-refractivity contribution >= 4 is 17.5 Å². The molecule has 3 atom stereocenters. The van der Waals surface area contributed by atoms with E-state index in [1.807, 2.05) is 53.4 Å². The number of benzene rings is 4. The first kappa shape index (κ1) is 27.5. The fourth-order valence-corrected chi connectivity index (χ4v) is 7.71. The largest absolute Gasteiger partial charge is 0.487 e. The fraction of sp³-hybridized carbons (Fsp3) is 0.324. The van der Waals surface area contributed by atoms with E-state index in [0.717, 1.165) is 53.9 Å².